The SMILES string of the molecule is Cc1cn[nH]c1CN1CCC(N(C)C(=O)c2ccc(C(F)(F)F)cc2)CC1. The third kappa shape index (κ3) is 4.50. The zero-order valence-electron chi connectivity index (χ0n) is 15.4. The molecule has 27 heavy (non-hydrogen) atoms. The number of likely N-dealkylation sites (tertiary alicyclic amines) is 1. The Labute approximate surface area is 156 Å². The molecule has 1 aromatic heterocycles. The van der Waals surface area contributed by atoms with E-state index < -0.39 is 11.7 Å². The number of rotatable bonds is 4. The second-order valence-electron chi connectivity index (χ2n) is 7.03. The minimum Gasteiger partial charge on any atom is -0.339 e. The number of aryl methyl sites for hydroxylation is 1. The summed E-state index contributed by atoms with van der Waals surface area (Å²) < 4.78 is 38.0. The number of aromatic nitrogens is 2. The summed E-state index contributed by atoms with van der Waals surface area (Å²) in [7, 11) is 1.72. The molecule has 2 heterocycles. The average molecular weight is 380 g/mol. The quantitative estimate of drug-likeness (QED) is 0.884. The summed E-state index contributed by atoms with van der Waals surface area (Å²) in [6, 6.07) is 4.49. The lowest BCUT2D eigenvalue weighted by Gasteiger charge is -2.36. The number of aromatic amines is 1. The Morgan fingerprint density at radius 2 is 1.89 bits per heavy atom. The third-order valence-corrected chi connectivity index (χ3v) is 5.20. The molecule has 5 nitrogen and oxygen atoms in total. The van der Waals surface area contributed by atoms with Crippen LogP contribution >= 0.6 is 0 Å². The Balaban J connectivity index is 1.56. The predicted octanol–water partition coefficient (Wildman–Crippen LogP) is 3.47. The van der Waals surface area contributed by atoms with Crippen LogP contribution in [-0.4, -0.2) is 52.1 Å². The monoisotopic (exact) mass is 380 g/mol. The standard InChI is InChI=1S/C19H23F3N4O/c1-13-11-23-24-17(13)12-26-9-7-16(8-10-26)25(2)18(27)14-3-5-15(6-4-14)19(20,21)22/h3-6,11,16H,7-10,12H2,1-2H3,(H,23,24). The van der Waals surface area contributed by atoms with E-state index >= 15 is 0 Å². The van der Waals surface area contributed by atoms with Crippen LogP contribution in [-0.2, 0) is 12.7 Å². The van der Waals surface area contributed by atoms with Gasteiger partial charge in [-0.25, -0.2) is 0 Å². The van der Waals surface area contributed by atoms with Crippen molar-refractivity contribution in [3.8, 4) is 0 Å². The van der Waals surface area contributed by atoms with Gasteiger partial charge in [0.15, 0.2) is 0 Å². The molecule has 0 saturated carbocycles. The number of carbonyl (C=O) groups excluding carboxylic acids is 1. The molecule has 0 bridgehead atoms. The average Bonchev–Trinajstić information content (AvgIpc) is 3.05. The van der Waals surface area contributed by atoms with Gasteiger partial charge in [-0.15, -0.1) is 0 Å². The summed E-state index contributed by atoms with van der Waals surface area (Å²) in [6.45, 7) is 4.53. The highest BCUT2D eigenvalue weighted by Gasteiger charge is 2.31. The first kappa shape index (κ1) is 19.4. The minimum absolute atomic E-state index is 0.0823. The highest BCUT2D eigenvalue weighted by atomic mass is 19.4. The Kier molecular flexibility index (Phi) is 5.55. The van der Waals surface area contributed by atoms with Crippen molar-refractivity contribution in [2.45, 2.75) is 38.5 Å². The number of amides is 1. The molecule has 0 atom stereocenters. The molecule has 1 fully saturated rings. The van der Waals surface area contributed by atoms with Crippen molar-refractivity contribution in [2.75, 3.05) is 20.1 Å². The maximum absolute atomic E-state index is 12.7. The van der Waals surface area contributed by atoms with Crippen molar-refractivity contribution in [3.05, 3.63) is 52.8 Å². The largest absolute Gasteiger partial charge is 0.416 e. The van der Waals surface area contributed by atoms with E-state index in [4.69, 9.17) is 0 Å². The number of hydrogen-bond donors (Lipinski definition) is 1. The van der Waals surface area contributed by atoms with Crippen LogP contribution in [0.15, 0.2) is 30.5 Å². The Bertz CT molecular complexity index is 777. The number of piperidine rings is 1. The second-order valence-corrected chi connectivity index (χ2v) is 7.03. The van der Waals surface area contributed by atoms with E-state index in [2.05, 4.69) is 15.1 Å². The molecule has 0 aliphatic carbocycles. The fourth-order valence-electron chi connectivity index (χ4n) is 3.39. The highest BCUT2D eigenvalue weighted by Crippen LogP contribution is 2.29. The lowest BCUT2D eigenvalue weighted by molar-refractivity contribution is -0.137. The maximum Gasteiger partial charge on any atom is 0.416 e. The molecule has 1 amide bonds. The number of carbonyl (C=O) groups is 1. The van der Waals surface area contributed by atoms with Crippen molar-refractivity contribution in [3.63, 3.8) is 0 Å². The van der Waals surface area contributed by atoms with E-state index in [9.17, 15) is 18.0 Å². The zero-order chi connectivity index (χ0) is 19.6. The summed E-state index contributed by atoms with van der Waals surface area (Å²) in [5.74, 6) is -0.244. The van der Waals surface area contributed by atoms with Crippen molar-refractivity contribution in [1.82, 2.24) is 20.0 Å². The molecule has 1 aliphatic heterocycles. The van der Waals surface area contributed by atoms with Crippen LogP contribution in [0, 0.1) is 6.92 Å². The topological polar surface area (TPSA) is 52.2 Å². The number of halogens is 3. The summed E-state index contributed by atoms with van der Waals surface area (Å²) in [5, 5.41) is 7.04. The van der Waals surface area contributed by atoms with Crippen molar-refractivity contribution < 1.29 is 18.0 Å². The van der Waals surface area contributed by atoms with Gasteiger partial charge in [0.1, 0.15) is 0 Å². The molecule has 2 aromatic rings. The van der Waals surface area contributed by atoms with Crippen LogP contribution in [0.25, 0.3) is 0 Å². The molecule has 1 N–H and O–H groups in total. The third-order valence-electron chi connectivity index (χ3n) is 5.20. The summed E-state index contributed by atoms with van der Waals surface area (Å²) in [4.78, 5) is 16.6. The van der Waals surface area contributed by atoms with Gasteiger partial charge in [0.25, 0.3) is 5.91 Å². The molecule has 0 spiro atoms. The first-order valence-corrected chi connectivity index (χ1v) is 8.91. The van der Waals surface area contributed by atoms with Crippen molar-refractivity contribution in [2.24, 2.45) is 0 Å². The highest BCUT2D eigenvalue weighted by molar-refractivity contribution is 5.94. The molecule has 1 aromatic carbocycles. The van der Waals surface area contributed by atoms with Crippen LogP contribution < -0.4 is 0 Å². The first-order valence-electron chi connectivity index (χ1n) is 8.91. The lowest BCUT2D eigenvalue weighted by Crippen LogP contribution is -2.45. The lowest BCUT2D eigenvalue weighted by atomic mass is 10.0. The number of nitrogens with zero attached hydrogens (tertiary/aromatic N) is 3. The fraction of sp³-hybridized carbons (Fsp3) is 0.474. The molecule has 1 aliphatic rings. The van der Waals surface area contributed by atoms with E-state index in [1.807, 2.05) is 6.92 Å². The van der Waals surface area contributed by atoms with Crippen LogP contribution in [0.5, 0.6) is 0 Å². The molecule has 0 unspecified atom stereocenters. The van der Waals surface area contributed by atoms with Crippen molar-refractivity contribution in [1.29, 1.82) is 0 Å². The van der Waals surface area contributed by atoms with E-state index in [1.165, 1.54) is 12.1 Å². The van der Waals surface area contributed by atoms with Gasteiger partial charge in [0, 0.05) is 38.3 Å². The normalized spacial score (nSPS) is 16.5. The van der Waals surface area contributed by atoms with Gasteiger partial charge in [-0.1, -0.05) is 0 Å². The van der Waals surface area contributed by atoms with Crippen LogP contribution in [0.2, 0.25) is 0 Å². The van der Waals surface area contributed by atoms with Crippen LogP contribution in [0.3, 0.4) is 0 Å². The Morgan fingerprint density at radius 3 is 2.41 bits per heavy atom. The van der Waals surface area contributed by atoms with Gasteiger partial charge in [-0.05, 0) is 49.6 Å². The van der Waals surface area contributed by atoms with Gasteiger partial charge in [-0.3, -0.25) is 14.8 Å². The molecule has 3 rings (SSSR count). The molecule has 8 heteroatoms. The van der Waals surface area contributed by atoms with Gasteiger partial charge in [0.2, 0.25) is 0 Å². The van der Waals surface area contributed by atoms with Crippen LogP contribution in [0.4, 0.5) is 13.2 Å². The number of hydrogen-bond acceptors (Lipinski definition) is 3. The number of nitrogens with one attached hydrogen (secondary N) is 1. The maximum atomic E-state index is 12.7. The van der Waals surface area contributed by atoms with Gasteiger partial charge >= 0.3 is 6.18 Å². The second kappa shape index (κ2) is 7.72. The Morgan fingerprint density at radius 1 is 1.26 bits per heavy atom. The van der Waals surface area contributed by atoms with E-state index in [1.54, 1.807) is 18.1 Å². The summed E-state index contributed by atoms with van der Waals surface area (Å²) in [5.41, 5.74) is 1.76. The smallest absolute Gasteiger partial charge is 0.339 e. The molecule has 1 saturated heterocycles. The number of benzene rings is 1. The van der Waals surface area contributed by atoms with E-state index in [0.717, 1.165) is 55.9 Å². The van der Waals surface area contributed by atoms with Crippen LogP contribution in [0.1, 0.15) is 40.0 Å². The van der Waals surface area contributed by atoms with Gasteiger partial charge < -0.3 is 4.90 Å². The molecule has 146 valence electrons. The molecular weight excluding hydrogens is 357 g/mol. The van der Waals surface area contributed by atoms with Gasteiger partial charge in [0.05, 0.1) is 17.5 Å². The van der Waals surface area contributed by atoms with Gasteiger partial charge in [-0.2, -0.15) is 18.3 Å². The fourth-order valence-corrected chi connectivity index (χ4v) is 3.39. The Hall–Kier alpha value is -2.35. The number of alkyl halides is 3. The summed E-state index contributed by atoms with van der Waals surface area (Å²) >= 11 is 0. The summed E-state index contributed by atoms with van der Waals surface area (Å²) in [6.07, 6.45) is -0.933. The first-order chi connectivity index (χ1) is 12.8. The van der Waals surface area contributed by atoms with E-state index in [0.29, 0.717) is 0 Å². The van der Waals surface area contributed by atoms with Crippen molar-refractivity contribution >= 4 is 5.91 Å². The molecule has 0 radical (unpaired) electrons. The molecular formula is C19H23F3N4O. The zero-order valence-corrected chi connectivity index (χ0v) is 15.4. The number of H-pyrrole nitrogens is 1. The minimum atomic E-state index is -4.40. The van der Waals surface area contributed by atoms with E-state index in [-0.39, 0.29) is 17.5 Å². The predicted molar refractivity (Wildman–Crippen MR) is 95.2 cm³/mol.